The van der Waals surface area contributed by atoms with Crippen LogP contribution in [0.1, 0.15) is 18.4 Å². The number of aliphatic carboxylic acids is 1. The molecule has 0 saturated carbocycles. The lowest BCUT2D eigenvalue weighted by Gasteiger charge is -2.29. The largest absolute Gasteiger partial charge is 0.481 e. The minimum Gasteiger partial charge on any atom is -0.481 e. The monoisotopic (exact) mass is 346 g/mol. The summed E-state index contributed by atoms with van der Waals surface area (Å²) in [5, 5.41) is 12.4. The van der Waals surface area contributed by atoms with Crippen molar-refractivity contribution in [2.45, 2.75) is 19.8 Å². The van der Waals surface area contributed by atoms with E-state index in [0.717, 1.165) is 5.56 Å². The van der Waals surface area contributed by atoms with Crippen LogP contribution in [0.3, 0.4) is 0 Å². The molecule has 0 aromatic heterocycles. The number of aryl methyl sites for hydroxylation is 1. The molecule has 122 valence electrons. The number of piperidine rings is 1. The van der Waals surface area contributed by atoms with Crippen molar-refractivity contribution in [2.24, 2.45) is 5.92 Å². The average molecular weight is 347 g/mol. The molecule has 1 aliphatic heterocycles. The summed E-state index contributed by atoms with van der Waals surface area (Å²) in [6.07, 6.45) is 1.19. The fraction of sp³-hybridized carbons (Fsp3) is 0.467. The lowest BCUT2D eigenvalue weighted by molar-refractivity contribution is -0.143. The minimum atomic E-state index is -0.742. The van der Waals surface area contributed by atoms with Gasteiger partial charge in [0.05, 0.1) is 12.5 Å². The number of nitrogens with one attached hydrogen (secondary N) is 1. The van der Waals surface area contributed by atoms with Gasteiger partial charge in [-0.3, -0.25) is 14.5 Å². The van der Waals surface area contributed by atoms with E-state index in [1.807, 2.05) is 17.9 Å². The predicted octanol–water partition coefficient (Wildman–Crippen LogP) is 2.81. The van der Waals surface area contributed by atoms with Gasteiger partial charge in [-0.15, -0.1) is 12.4 Å². The molecule has 22 heavy (non-hydrogen) atoms. The van der Waals surface area contributed by atoms with Gasteiger partial charge in [-0.25, -0.2) is 0 Å². The molecule has 0 bridgehead atoms. The summed E-state index contributed by atoms with van der Waals surface area (Å²) in [5.41, 5.74) is 1.67. The van der Waals surface area contributed by atoms with Crippen LogP contribution in [0.4, 0.5) is 5.69 Å². The fourth-order valence-electron chi connectivity index (χ4n) is 2.46. The molecule has 1 amide bonds. The van der Waals surface area contributed by atoms with Crippen molar-refractivity contribution in [2.75, 3.05) is 25.0 Å². The first-order valence-corrected chi connectivity index (χ1v) is 7.34. The van der Waals surface area contributed by atoms with E-state index in [1.54, 1.807) is 12.1 Å². The van der Waals surface area contributed by atoms with Crippen molar-refractivity contribution in [3.63, 3.8) is 0 Å². The molecule has 0 unspecified atom stereocenters. The van der Waals surface area contributed by atoms with Gasteiger partial charge in [-0.2, -0.15) is 0 Å². The van der Waals surface area contributed by atoms with E-state index in [0.29, 0.717) is 36.6 Å². The summed E-state index contributed by atoms with van der Waals surface area (Å²) in [7, 11) is 0. The Morgan fingerprint density at radius 3 is 2.59 bits per heavy atom. The first-order chi connectivity index (χ1) is 9.95. The number of carbonyl (C=O) groups is 2. The number of hydrogen-bond acceptors (Lipinski definition) is 3. The molecule has 2 rings (SSSR count). The van der Waals surface area contributed by atoms with Gasteiger partial charge in [0.25, 0.3) is 0 Å². The third kappa shape index (κ3) is 5.16. The Balaban J connectivity index is 0.00000242. The summed E-state index contributed by atoms with van der Waals surface area (Å²) in [6.45, 7) is 3.46. The van der Waals surface area contributed by atoms with Gasteiger partial charge < -0.3 is 10.4 Å². The Kier molecular flexibility index (Phi) is 7.13. The zero-order chi connectivity index (χ0) is 15.4. The third-order valence-electron chi connectivity index (χ3n) is 3.78. The van der Waals surface area contributed by atoms with Crippen molar-refractivity contribution in [3.8, 4) is 0 Å². The lowest BCUT2D eigenvalue weighted by Crippen LogP contribution is -2.40. The summed E-state index contributed by atoms with van der Waals surface area (Å²) < 4.78 is 0. The predicted molar refractivity (Wildman–Crippen MR) is 88.9 cm³/mol. The number of anilines is 1. The number of rotatable bonds is 4. The molecule has 1 saturated heterocycles. The molecule has 0 radical (unpaired) electrons. The Bertz CT molecular complexity index is 544. The lowest BCUT2D eigenvalue weighted by atomic mass is 9.97. The maximum absolute atomic E-state index is 12.0. The van der Waals surface area contributed by atoms with Crippen LogP contribution in [-0.4, -0.2) is 41.5 Å². The first-order valence-electron chi connectivity index (χ1n) is 6.97. The summed E-state index contributed by atoms with van der Waals surface area (Å²) in [5.74, 6) is -1.12. The molecule has 7 heteroatoms. The standard InChI is InChI=1S/C15H19ClN2O3.ClH/c1-10-2-3-12(16)8-13(10)17-14(19)9-18-6-4-11(5-7-18)15(20)21;/h2-3,8,11H,4-7,9H2,1H3,(H,17,19)(H,20,21);1H. The van der Waals surface area contributed by atoms with Crippen LogP contribution in [-0.2, 0) is 9.59 Å². The van der Waals surface area contributed by atoms with Crippen molar-refractivity contribution < 1.29 is 14.7 Å². The number of nitrogens with zero attached hydrogens (tertiary/aromatic N) is 1. The maximum atomic E-state index is 12.0. The highest BCUT2D eigenvalue weighted by Gasteiger charge is 2.25. The van der Waals surface area contributed by atoms with E-state index < -0.39 is 5.97 Å². The highest BCUT2D eigenvalue weighted by molar-refractivity contribution is 6.31. The number of likely N-dealkylation sites (tertiary alicyclic amines) is 1. The molecular formula is C15H20Cl2N2O3. The second-order valence-corrected chi connectivity index (χ2v) is 5.83. The molecule has 1 fully saturated rings. The van der Waals surface area contributed by atoms with E-state index in [1.165, 1.54) is 0 Å². The van der Waals surface area contributed by atoms with Crippen LogP contribution in [0.25, 0.3) is 0 Å². The number of benzene rings is 1. The highest BCUT2D eigenvalue weighted by Crippen LogP contribution is 2.21. The van der Waals surface area contributed by atoms with Gasteiger partial charge in [0.1, 0.15) is 0 Å². The van der Waals surface area contributed by atoms with Gasteiger partial charge in [0, 0.05) is 10.7 Å². The average Bonchev–Trinajstić information content (AvgIpc) is 2.43. The van der Waals surface area contributed by atoms with Crippen molar-refractivity contribution in [3.05, 3.63) is 28.8 Å². The van der Waals surface area contributed by atoms with Gasteiger partial charge in [-0.1, -0.05) is 17.7 Å². The second-order valence-electron chi connectivity index (χ2n) is 5.40. The Morgan fingerprint density at radius 2 is 2.00 bits per heavy atom. The zero-order valence-corrected chi connectivity index (χ0v) is 13.9. The van der Waals surface area contributed by atoms with Gasteiger partial charge in [0.15, 0.2) is 0 Å². The smallest absolute Gasteiger partial charge is 0.306 e. The molecular weight excluding hydrogens is 327 g/mol. The second kappa shape index (κ2) is 8.36. The SMILES string of the molecule is Cc1ccc(Cl)cc1NC(=O)CN1CCC(C(=O)O)CC1.Cl. The number of carboxylic acids is 1. The van der Waals surface area contributed by atoms with Crippen molar-refractivity contribution in [1.29, 1.82) is 0 Å². The minimum absolute atomic E-state index is 0. The van der Waals surface area contributed by atoms with Crippen LogP contribution in [0.15, 0.2) is 18.2 Å². The Labute approximate surface area is 141 Å². The topological polar surface area (TPSA) is 69.6 Å². The summed E-state index contributed by atoms with van der Waals surface area (Å²) in [6, 6.07) is 5.37. The summed E-state index contributed by atoms with van der Waals surface area (Å²) in [4.78, 5) is 24.9. The number of amides is 1. The van der Waals surface area contributed by atoms with E-state index in [4.69, 9.17) is 16.7 Å². The number of carbonyl (C=O) groups excluding carboxylic acids is 1. The van der Waals surface area contributed by atoms with Crippen LogP contribution in [0.2, 0.25) is 5.02 Å². The van der Waals surface area contributed by atoms with E-state index >= 15 is 0 Å². The first kappa shape index (κ1) is 18.7. The molecule has 1 aromatic rings. The van der Waals surface area contributed by atoms with E-state index in [-0.39, 0.29) is 30.8 Å². The molecule has 1 heterocycles. The van der Waals surface area contributed by atoms with E-state index in [2.05, 4.69) is 5.32 Å². The van der Waals surface area contributed by atoms with Gasteiger partial charge in [-0.05, 0) is 50.6 Å². The highest BCUT2D eigenvalue weighted by atomic mass is 35.5. The van der Waals surface area contributed by atoms with Crippen molar-refractivity contribution in [1.82, 2.24) is 4.90 Å². The zero-order valence-electron chi connectivity index (χ0n) is 12.3. The number of halogens is 2. The normalized spacial score (nSPS) is 15.9. The van der Waals surface area contributed by atoms with Crippen LogP contribution < -0.4 is 5.32 Å². The number of hydrogen-bond donors (Lipinski definition) is 2. The molecule has 0 aliphatic carbocycles. The molecule has 1 aromatic carbocycles. The fourth-order valence-corrected chi connectivity index (χ4v) is 2.63. The number of carboxylic acid groups (broad SMARTS) is 1. The molecule has 1 aliphatic rings. The Hall–Kier alpha value is -1.30. The third-order valence-corrected chi connectivity index (χ3v) is 4.01. The molecule has 0 atom stereocenters. The Morgan fingerprint density at radius 1 is 1.36 bits per heavy atom. The van der Waals surface area contributed by atoms with Crippen LogP contribution >= 0.6 is 24.0 Å². The van der Waals surface area contributed by atoms with Crippen LogP contribution in [0, 0.1) is 12.8 Å². The van der Waals surface area contributed by atoms with Crippen LogP contribution in [0.5, 0.6) is 0 Å². The van der Waals surface area contributed by atoms with Crippen molar-refractivity contribution >= 4 is 41.6 Å². The van der Waals surface area contributed by atoms with E-state index in [9.17, 15) is 9.59 Å². The maximum Gasteiger partial charge on any atom is 0.306 e. The quantitative estimate of drug-likeness (QED) is 0.879. The molecule has 0 spiro atoms. The summed E-state index contributed by atoms with van der Waals surface area (Å²) >= 11 is 5.92. The van der Waals surface area contributed by atoms with Gasteiger partial charge >= 0.3 is 5.97 Å². The van der Waals surface area contributed by atoms with Gasteiger partial charge in [0.2, 0.25) is 5.91 Å². The molecule has 5 nitrogen and oxygen atoms in total. The molecule has 2 N–H and O–H groups in total.